The smallest absolute Gasteiger partial charge is 0.146 e. The summed E-state index contributed by atoms with van der Waals surface area (Å²) in [6.07, 6.45) is 1.70. The Kier molecular flexibility index (Phi) is 4.69. The number of aromatic nitrogens is 1. The Hall–Kier alpha value is -1.94. The van der Waals surface area contributed by atoms with Gasteiger partial charge in [0.15, 0.2) is 0 Å². The van der Waals surface area contributed by atoms with Crippen molar-refractivity contribution in [2.75, 3.05) is 7.05 Å². The van der Waals surface area contributed by atoms with Crippen molar-refractivity contribution in [3.63, 3.8) is 0 Å². The average Bonchev–Trinajstić information content (AvgIpc) is 2.41. The predicted molar refractivity (Wildman–Crippen MR) is 77.3 cm³/mol. The van der Waals surface area contributed by atoms with Crippen LogP contribution in [0.1, 0.15) is 31.1 Å². The zero-order valence-electron chi connectivity index (χ0n) is 11.9. The molecule has 0 bridgehead atoms. The fraction of sp³-hybridized carbons (Fsp3) is 0.312. The van der Waals surface area contributed by atoms with Gasteiger partial charge in [-0.05, 0) is 50.7 Å². The van der Waals surface area contributed by atoms with Gasteiger partial charge in [-0.2, -0.15) is 0 Å². The van der Waals surface area contributed by atoms with Crippen molar-refractivity contribution in [3.8, 4) is 5.75 Å². The minimum Gasteiger partial charge on any atom is -0.491 e. The summed E-state index contributed by atoms with van der Waals surface area (Å²) in [4.78, 5) is 4.14. The number of nitrogens with zero attached hydrogens (tertiary/aromatic N) is 1. The van der Waals surface area contributed by atoms with E-state index < -0.39 is 0 Å². The van der Waals surface area contributed by atoms with E-state index in [0.29, 0.717) is 5.69 Å². The first-order valence-electron chi connectivity index (χ1n) is 6.66. The zero-order chi connectivity index (χ0) is 14.5. The summed E-state index contributed by atoms with van der Waals surface area (Å²) in [6, 6.07) is 10.3. The Morgan fingerprint density at radius 3 is 2.65 bits per heavy atom. The molecule has 20 heavy (non-hydrogen) atoms. The molecule has 0 saturated carbocycles. The standard InChI is InChI=1S/C16H19FN2O/c1-11(2)20-13-7-4-6-12(10-13)15(18-3)16-14(17)8-5-9-19-16/h4-11,15,18H,1-3H3. The van der Waals surface area contributed by atoms with E-state index in [1.165, 1.54) is 6.07 Å². The molecule has 1 N–H and O–H groups in total. The van der Waals surface area contributed by atoms with Crippen molar-refractivity contribution in [2.24, 2.45) is 0 Å². The summed E-state index contributed by atoms with van der Waals surface area (Å²) in [7, 11) is 1.79. The van der Waals surface area contributed by atoms with Gasteiger partial charge >= 0.3 is 0 Å². The Bertz CT molecular complexity index is 572. The molecular weight excluding hydrogens is 255 g/mol. The highest BCUT2D eigenvalue weighted by molar-refractivity contribution is 5.35. The first kappa shape index (κ1) is 14.5. The molecule has 0 saturated heterocycles. The summed E-state index contributed by atoms with van der Waals surface area (Å²) >= 11 is 0. The van der Waals surface area contributed by atoms with Crippen molar-refractivity contribution in [3.05, 3.63) is 59.7 Å². The molecule has 2 aromatic rings. The maximum absolute atomic E-state index is 13.9. The van der Waals surface area contributed by atoms with Crippen LogP contribution < -0.4 is 10.1 Å². The Morgan fingerprint density at radius 1 is 1.20 bits per heavy atom. The molecule has 2 rings (SSSR count). The second kappa shape index (κ2) is 6.48. The van der Waals surface area contributed by atoms with Gasteiger partial charge in [-0.3, -0.25) is 4.98 Å². The van der Waals surface area contributed by atoms with Crippen LogP contribution in [0, 0.1) is 5.82 Å². The second-order valence-electron chi connectivity index (χ2n) is 4.83. The number of hydrogen-bond donors (Lipinski definition) is 1. The lowest BCUT2D eigenvalue weighted by Gasteiger charge is -2.18. The topological polar surface area (TPSA) is 34.1 Å². The van der Waals surface area contributed by atoms with E-state index in [2.05, 4.69) is 10.3 Å². The van der Waals surface area contributed by atoms with E-state index in [1.54, 1.807) is 19.3 Å². The minimum absolute atomic E-state index is 0.102. The fourth-order valence-electron chi connectivity index (χ4n) is 2.11. The molecule has 1 unspecified atom stereocenters. The normalized spacial score (nSPS) is 12.4. The first-order valence-corrected chi connectivity index (χ1v) is 6.66. The van der Waals surface area contributed by atoms with Crippen LogP contribution in [-0.2, 0) is 0 Å². The molecule has 3 nitrogen and oxygen atoms in total. The quantitative estimate of drug-likeness (QED) is 0.908. The Morgan fingerprint density at radius 2 is 2.00 bits per heavy atom. The third-order valence-electron chi connectivity index (χ3n) is 2.91. The number of pyridine rings is 1. The number of nitrogens with one attached hydrogen (secondary N) is 1. The van der Waals surface area contributed by atoms with Crippen LogP contribution in [0.15, 0.2) is 42.6 Å². The lowest BCUT2D eigenvalue weighted by molar-refractivity contribution is 0.242. The van der Waals surface area contributed by atoms with Crippen LogP contribution in [0.3, 0.4) is 0 Å². The van der Waals surface area contributed by atoms with E-state index in [0.717, 1.165) is 11.3 Å². The number of benzene rings is 1. The molecule has 0 fully saturated rings. The third kappa shape index (κ3) is 3.33. The van der Waals surface area contributed by atoms with E-state index in [4.69, 9.17) is 4.74 Å². The van der Waals surface area contributed by atoms with Gasteiger partial charge in [0.05, 0.1) is 17.8 Å². The van der Waals surface area contributed by atoms with Crippen LogP contribution in [0.2, 0.25) is 0 Å². The van der Waals surface area contributed by atoms with Gasteiger partial charge in [0.2, 0.25) is 0 Å². The van der Waals surface area contributed by atoms with Crippen molar-refractivity contribution < 1.29 is 9.13 Å². The molecule has 1 aromatic carbocycles. The van der Waals surface area contributed by atoms with Crippen LogP contribution in [0.5, 0.6) is 5.75 Å². The molecule has 1 aromatic heterocycles. The van der Waals surface area contributed by atoms with Gasteiger partial charge in [-0.1, -0.05) is 12.1 Å². The van der Waals surface area contributed by atoms with E-state index in [1.807, 2.05) is 38.1 Å². The second-order valence-corrected chi connectivity index (χ2v) is 4.83. The Labute approximate surface area is 118 Å². The summed E-state index contributed by atoms with van der Waals surface area (Å²) in [6.45, 7) is 3.95. The van der Waals surface area contributed by atoms with E-state index >= 15 is 0 Å². The molecule has 0 amide bonds. The summed E-state index contributed by atoms with van der Waals surface area (Å²) in [5.74, 6) is 0.455. The molecule has 1 atom stereocenters. The summed E-state index contributed by atoms with van der Waals surface area (Å²) in [5.41, 5.74) is 1.31. The molecule has 1 heterocycles. The van der Waals surface area contributed by atoms with Gasteiger partial charge in [0.25, 0.3) is 0 Å². The first-order chi connectivity index (χ1) is 9.61. The minimum atomic E-state index is -0.318. The van der Waals surface area contributed by atoms with Gasteiger partial charge in [-0.15, -0.1) is 0 Å². The monoisotopic (exact) mass is 274 g/mol. The highest BCUT2D eigenvalue weighted by Crippen LogP contribution is 2.25. The van der Waals surface area contributed by atoms with Gasteiger partial charge in [0.1, 0.15) is 11.6 Å². The summed E-state index contributed by atoms with van der Waals surface area (Å²) < 4.78 is 19.6. The molecule has 4 heteroatoms. The SMILES string of the molecule is CNC(c1cccc(OC(C)C)c1)c1ncccc1F. The zero-order valence-corrected chi connectivity index (χ0v) is 11.9. The van der Waals surface area contributed by atoms with Crippen molar-refractivity contribution in [1.82, 2.24) is 10.3 Å². The average molecular weight is 274 g/mol. The molecule has 0 spiro atoms. The molecule has 0 aliphatic carbocycles. The maximum atomic E-state index is 13.9. The van der Waals surface area contributed by atoms with Crippen LogP contribution in [0.25, 0.3) is 0 Å². The van der Waals surface area contributed by atoms with Gasteiger partial charge < -0.3 is 10.1 Å². The highest BCUT2D eigenvalue weighted by Gasteiger charge is 2.17. The number of rotatable bonds is 5. The highest BCUT2D eigenvalue weighted by atomic mass is 19.1. The van der Waals surface area contributed by atoms with Crippen LogP contribution >= 0.6 is 0 Å². The number of hydrogen-bond acceptors (Lipinski definition) is 3. The maximum Gasteiger partial charge on any atom is 0.146 e. The number of halogens is 1. The van der Waals surface area contributed by atoms with Gasteiger partial charge in [-0.25, -0.2) is 4.39 Å². The Balaban J connectivity index is 2.35. The largest absolute Gasteiger partial charge is 0.491 e. The lowest BCUT2D eigenvalue weighted by Crippen LogP contribution is -2.20. The summed E-state index contributed by atoms with van der Waals surface area (Å²) in [5, 5.41) is 3.10. The van der Waals surface area contributed by atoms with E-state index in [9.17, 15) is 4.39 Å². The fourth-order valence-corrected chi connectivity index (χ4v) is 2.11. The predicted octanol–water partition coefficient (Wildman–Crippen LogP) is 3.32. The van der Waals surface area contributed by atoms with Crippen molar-refractivity contribution in [1.29, 1.82) is 0 Å². The van der Waals surface area contributed by atoms with Crippen LogP contribution in [-0.4, -0.2) is 18.1 Å². The molecule has 106 valence electrons. The molecule has 0 aliphatic heterocycles. The number of ether oxygens (including phenoxy) is 1. The van der Waals surface area contributed by atoms with E-state index in [-0.39, 0.29) is 18.0 Å². The van der Waals surface area contributed by atoms with Crippen molar-refractivity contribution >= 4 is 0 Å². The van der Waals surface area contributed by atoms with Crippen LogP contribution in [0.4, 0.5) is 4.39 Å². The third-order valence-corrected chi connectivity index (χ3v) is 2.91. The van der Waals surface area contributed by atoms with Crippen molar-refractivity contribution in [2.45, 2.75) is 26.0 Å². The molecule has 0 radical (unpaired) electrons. The molecular formula is C16H19FN2O. The molecule has 0 aliphatic rings. The lowest BCUT2D eigenvalue weighted by atomic mass is 10.0. The van der Waals surface area contributed by atoms with Gasteiger partial charge in [0, 0.05) is 6.20 Å².